The Morgan fingerprint density at radius 1 is 1.61 bits per heavy atom. The monoisotopic (exact) mass is 267 g/mol. The van der Waals surface area contributed by atoms with Crippen LogP contribution in [0.5, 0.6) is 0 Å². The van der Waals surface area contributed by atoms with E-state index in [2.05, 4.69) is 22.5 Å². The van der Waals surface area contributed by atoms with Crippen LogP contribution >= 0.6 is 11.6 Å². The normalized spacial score (nSPS) is 16.2. The maximum Gasteiger partial charge on any atom is 0.252 e. The molecule has 0 bridgehead atoms. The number of nitrogens with zero attached hydrogens (tertiary/aromatic N) is 1. The van der Waals surface area contributed by atoms with Crippen molar-refractivity contribution in [2.24, 2.45) is 11.8 Å². The van der Waals surface area contributed by atoms with Gasteiger partial charge in [-0.3, -0.25) is 4.79 Å². The van der Waals surface area contributed by atoms with Gasteiger partial charge in [0.2, 0.25) is 0 Å². The number of hydrogen-bond acceptors (Lipinski definition) is 3. The number of pyridine rings is 1. The second kappa shape index (κ2) is 5.57. The molecule has 1 unspecified atom stereocenters. The van der Waals surface area contributed by atoms with Crippen LogP contribution in [-0.4, -0.2) is 24.5 Å². The summed E-state index contributed by atoms with van der Waals surface area (Å²) < 4.78 is 0. The topological polar surface area (TPSA) is 54.0 Å². The molecule has 98 valence electrons. The molecule has 0 spiro atoms. The average molecular weight is 268 g/mol. The van der Waals surface area contributed by atoms with Crippen molar-refractivity contribution in [2.45, 2.75) is 19.8 Å². The molecule has 5 heteroatoms. The Labute approximate surface area is 112 Å². The van der Waals surface area contributed by atoms with Crippen molar-refractivity contribution in [1.29, 1.82) is 0 Å². The van der Waals surface area contributed by atoms with Crippen molar-refractivity contribution in [3.63, 3.8) is 0 Å². The first-order valence-electron chi connectivity index (χ1n) is 6.23. The third-order valence-electron chi connectivity index (χ3n) is 3.35. The number of rotatable bonds is 5. The molecule has 1 atom stereocenters. The van der Waals surface area contributed by atoms with Gasteiger partial charge in [0.15, 0.2) is 0 Å². The fourth-order valence-corrected chi connectivity index (χ4v) is 2.19. The Morgan fingerprint density at radius 2 is 2.33 bits per heavy atom. The van der Waals surface area contributed by atoms with Crippen LogP contribution in [0.4, 0.5) is 5.82 Å². The summed E-state index contributed by atoms with van der Waals surface area (Å²) in [6.45, 7) is 2.89. The van der Waals surface area contributed by atoms with E-state index in [0.717, 1.165) is 12.5 Å². The van der Waals surface area contributed by atoms with Crippen LogP contribution in [-0.2, 0) is 0 Å². The molecule has 1 aliphatic carbocycles. The minimum absolute atomic E-state index is 0.112. The van der Waals surface area contributed by atoms with Crippen LogP contribution in [0.3, 0.4) is 0 Å². The highest BCUT2D eigenvalue weighted by Crippen LogP contribution is 2.36. The lowest BCUT2D eigenvalue weighted by Gasteiger charge is -2.11. The van der Waals surface area contributed by atoms with Crippen LogP contribution in [0.2, 0.25) is 5.02 Å². The standard InChI is InChI=1S/C13H18ClN3O/c1-8(9-3-4-9)6-17-13(18)10-5-11(14)12(15-2)16-7-10/h5,7-9H,3-4,6H2,1-2H3,(H,15,16)(H,17,18). The number of nitrogens with one attached hydrogen (secondary N) is 2. The molecule has 1 saturated carbocycles. The largest absolute Gasteiger partial charge is 0.372 e. The lowest BCUT2D eigenvalue weighted by molar-refractivity contribution is 0.0946. The molecule has 1 amide bonds. The van der Waals surface area contributed by atoms with Gasteiger partial charge in [0.25, 0.3) is 5.91 Å². The molecule has 1 aliphatic rings. The van der Waals surface area contributed by atoms with Crippen LogP contribution in [0.25, 0.3) is 0 Å². The molecule has 18 heavy (non-hydrogen) atoms. The van der Waals surface area contributed by atoms with Crippen molar-refractivity contribution in [1.82, 2.24) is 10.3 Å². The van der Waals surface area contributed by atoms with Crippen molar-refractivity contribution in [2.75, 3.05) is 18.9 Å². The van der Waals surface area contributed by atoms with E-state index in [1.165, 1.54) is 19.0 Å². The van der Waals surface area contributed by atoms with E-state index < -0.39 is 0 Å². The van der Waals surface area contributed by atoms with Gasteiger partial charge in [0.05, 0.1) is 10.6 Å². The van der Waals surface area contributed by atoms with Gasteiger partial charge in [-0.25, -0.2) is 4.98 Å². The maximum absolute atomic E-state index is 11.9. The quantitative estimate of drug-likeness (QED) is 0.862. The SMILES string of the molecule is CNc1ncc(C(=O)NCC(C)C2CC2)cc1Cl. The molecular formula is C13H18ClN3O. The minimum Gasteiger partial charge on any atom is -0.372 e. The third-order valence-corrected chi connectivity index (χ3v) is 3.64. The van der Waals surface area contributed by atoms with Gasteiger partial charge < -0.3 is 10.6 Å². The van der Waals surface area contributed by atoms with Gasteiger partial charge in [-0.2, -0.15) is 0 Å². The van der Waals surface area contributed by atoms with Gasteiger partial charge in [-0.1, -0.05) is 18.5 Å². The fourth-order valence-electron chi connectivity index (χ4n) is 1.93. The summed E-state index contributed by atoms with van der Waals surface area (Å²) in [5.74, 6) is 1.81. The van der Waals surface area contributed by atoms with Crippen LogP contribution in [0, 0.1) is 11.8 Å². The molecule has 1 aromatic rings. The molecule has 1 heterocycles. The molecule has 1 aromatic heterocycles. The van der Waals surface area contributed by atoms with Crippen molar-refractivity contribution >= 4 is 23.3 Å². The van der Waals surface area contributed by atoms with Crippen molar-refractivity contribution in [3.8, 4) is 0 Å². The van der Waals surface area contributed by atoms with Crippen LogP contribution in [0.15, 0.2) is 12.3 Å². The highest BCUT2D eigenvalue weighted by molar-refractivity contribution is 6.33. The van der Waals surface area contributed by atoms with Crippen molar-refractivity contribution < 1.29 is 4.79 Å². The first-order chi connectivity index (χ1) is 8.61. The summed E-state index contributed by atoms with van der Waals surface area (Å²) >= 11 is 5.99. The summed E-state index contributed by atoms with van der Waals surface area (Å²) in [6.07, 6.45) is 4.12. The molecule has 4 nitrogen and oxygen atoms in total. The van der Waals surface area contributed by atoms with Crippen LogP contribution < -0.4 is 10.6 Å². The lowest BCUT2D eigenvalue weighted by Crippen LogP contribution is -2.29. The maximum atomic E-state index is 11.9. The van der Waals surface area contributed by atoms with E-state index in [1.807, 2.05) is 0 Å². The molecule has 0 saturated heterocycles. The van der Waals surface area contributed by atoms with E-state index in [1.54, 1.807) is 13.1 Å². The average Bonchev–Trinajstić information content (AvgIpc) is 3.19. The second-order valence-corrected chi connectivity index (χ2v) is 5.24. The fraction of sp³-hybridized carbons (Fsp3) is 0.538. The number of amides is 1. The Kier molecular flexibility index (Phi) is 4.07. The van der Waals surface area contributed by atoms with Gasteiger partial charge in [-0.05, 0) is 30.7 Å². The molecule has 0 aromatic carbocycles. The highest BCUT2D eigenvalue weighted by Gasteiger charge is 2.27. The summed E-state index contributed by atoms with van der Waals surface area (Å²) in [7, 11) is 1.74. The number of hydrogen-bond donors (Lipinski definition) is 2. The van der Waals surface area contributed by atoms with E-state index in [-0.39, 0.29) is 5.91 Å². The van der Waals surface area contributed by atoms with Gasteiger partial charge in [-0.15, -0.1) is 0 Å². The van der Waals surface area contributed by atoms with Gasteiger partial charge in [0.1, 0.15) is 5.82 Å². The first kappa shape index (κ1) is 13.1. The van der Waals surface area contributed by atoms with E-state index in [4.69, 9.17) is 11.6 Å². The second-order valence-electron chi connectivity index (χ2n) is 4.83. The number of halogens is 1. The Morgan fingerprint density at radius 3 is 2.89 bits per heavy atom. The van der Waals surface area contributed by atoms with Gasteiger partial charge in [0, 0.05) is 19.8 Å². The van der Waals surface area contributed by atoms with Crippen molar-refractivity contribution in [3.05, 3.63) is 22.8 Å². The first-order valence-corrected chi connectivity index (χ1v) is 6.61. The Hall–Kier alpha value is -1.29. The molecule has 0 radical (unpaired) electrons. The van der Waals surface area contributed by atoms with Gasteiger partial charge >= 0.3 is 0 Å². The predicted octanol–water partition coefficient (Wildman–Crippen LogP) is 2.55. The van der Waals surface area contributed by atoms with Crippen LogP contribution in [0.1, 0.15) is 30.1 Å². The molecule has 2 N–H and O–H groups in total. The summed E-state index contributed by atoms with van der Waals surface area (Å²) in [4.78, 5) is 16.0. The van der Waals surface area contributed by atoms with E-state index in [0.29, 0.717) is 22.3 Å². The Bertz CT molecular complexity index is 446. The molecule has 2 rings (SSSR count). The third kappa shape index (κ3) is 3.13. The number of carbonyl (C=O) groups is 1. The zero-order chi connectivity index (χ0) is 13.1. The zero-order valence-electron chi connectivity index (χ0n) is 10.7. The summed E-state index contributed by atoms with van der Waals surface area (Å²) in [5.41, 5.74) is 0.502. The number of aromatic nitrogens is 1. The molecule has 0 aliphatic heterocycles. The summed E-state index contributed by atoms with van der Waals surface area (Å²) in [5, 5.41) is 6.25. The Balaban J connectivity index is 1.93. The molecular weight excluding hydrogens is 250 g/mol. The smallest absolute Gasteiger partial charge is 0.252 e. The van der Waals surface area contributed by atoms with E-state index in [9.17, 15) is 4.79 Å². The lowest BCUT2D eigenvalue weighted by atomic mass is 10.1. The van der Waals surface area contributed by atoms with E-state index >= 15 is 0 Å². The minimum atomic E-state index is -0.112. The predicted molar refractivity (Wildman–Crippen MR) is 73.0 cm³/mol. The number of anilines is 1. The number of carbonyl (C=O) groups excluding carboxylic acids is 1. The summed E-state index contributed by atoms with van der Waals surface area (Å²) in [6, 6.07) is 1.64. The highest BCUT2D eigenvalue weighted by atomic mass is 35.5. The zero-order valence-corrected chi connectivity index (χ0v) is 11.4. The molecule has 1 fully saturated rings.